The van der Waals surface area contributed by atoms with Crippen LogP contribution in [0.15, 0.2) is 17.5 Å². The highest BCUT2D eigenvalue weighted by molar-refractivity contribution is 7.09. The summed E-state index contributed by atoms with van der Waals surface area (Å²) in [6, 6.07) is 2.94. The average molecular weight is 201 g/mol. The fourth-order valence-corrected chi connectivity index (χ4v) is 1.52. The van der Waals surface area contributed by atoms with Crippen molar-refractivity contribution in [1.29, 1.82) is 0 Å². The van der Waals surface area contributed by atoms with E-state index in [-0.39, 0.29) is 6.61 Å². The number of hydrogen-bond donors (Lipinski definition) is 3. The van der Waals surface area contributed by atoms with Gasteiger partial charge in [-0.15, -0.1) is 11.3 Å². The van der Waals surface area contributed by atoms with E-state index in [2.05, 4.69) is 5.32 Å². The lowest BCUT2D eigenvalue weighted by Gasteiger charge is -2.09. The standard InChI is InChI=1S/C8H11NO3S/c10-5-7(8(11)12)9-4-6-2-1-3-13-6/h1-3,7,9-10H,4-5H2,(H,11,12). The van der Waals surface area contributed by atoms with Gasteiger partial charge in [0.1, 0.15) is 6.04 Å². The number of hydrogen-bond acceptors (Lipinski definition) is 4. The van der Waals surface area contributed by atoms with Crippen molar-refractivity contribution in [3.63, 3.8) is 0 Å². The van der Waals surface area contributed by atoms with E-state index in [0.29, 0.717) is 6.54 Å². The lowest BCUT2D eigenvalue weighted by atomic mass is 10.3. The van der Waals surface area contributed by atoms with Crippen molar-refractivity contribution in [2.45, 2.75) is 12.6 Å². The summed E-state index contributed by atoms with van der Waals surface area (Å²) in [5.74, 6) is -1.03. The number of rotatable bonds is 5. The van der Waals surface area contributed by atoms with Crippen molar-refractivity contribution in [1.82, 2.24) is 5.32 Å². The third-order valence-electron chi connectivity index (χ3n) is 1.58. The third kappa shape index (κ3) is 3.14. The molecule has 1 aromatic rings. The molecule has 0 fully saturated rings. The minimum Gasteiger partial charge on any atom is -0.480 e. The second-order valence-electron chi connectivity index (χ2n) is 2.53. The SMILES string of the molecule is O=C(O)C(CO)NCc1cccs1. The molecule has 0 radical (unpaired) electrons. The van der Waals surface area contributed by atoms with Crippen molar-refractivity contribution in [2.24, 2.45) is 0 Å². The Morgan fingerprint density at radius 2 is 2.46 bits per heavy atom. The Labute approximate surface area is 79.8 Å². The Balaban J connectivity index is 2.36. The van der Waals surface area contributed by atoms with Crippen LogP contribution >= 0.6 is 11.3 Å². The number of aliphatic hydroxyl groups excluding tert-OH is 1. The molecule has 0 saturated heterocycles. The molecule has 4 nitrogen and oxygen atoms in total. The van der Waals surface area contributed by atoms with E-state index < -0.39 is 12.0 Å². The largest absolute Gasteiger partial charge is 0.480 e. The van der Waals surface area contributed by atoms with Gasteiger partial charge in [-0.2, -0.15) is 0 Å². The molecule has 1 heterocycles. The number of aliphatic carboxylic acids is 1. The smallest absolute Gasteiger partial charge is 0.323 e. The summed E-state index contributed by atoms with van der Waals surface area (Å²) in [5, 5.41) is 21.9. The number of aliphatic hydroxyl groups is 1. The highest BCUT2D eigenvalue weighted by atomic mass is 32.1. The molecule has 0 saturated carbocycles. The van der Waals surface area contributed by atoms with Gasteiger partial charge < -0.3 is 10.2 Å². The number of thiophene rings is 1. The van der Waals surface area contributed by atoms with Crippen LogP contribution in [-0.4, -0.2) is 28.8 Å². The van der Waals surface area contributed by atoms with Crippen LogP contribution in [0, 0.1) is 0 Å². The number of carbonyl (C=O) groups is 1. The quantitative estimate of drug-likeness (QED) is 0.640. The summed E-state index contributed by atoms with van der Waals surface area (Å²) in [6.07, 6.45) is 0. The Morgan fingerprint density at radius 3 is 2.92 bits per heavy atom. The van der Waals surface area contributed by atoms with Crippen molar-refractivity contribution in [2.75, 3.05) is 6.61 Å². The molecule has 0 spiro atoms. The monoisotopic (exact) mass is 201 g/mol. The van der Waals surface area contributed by atoms with Crippen molar-refractivity contribution < 1.29 is 15.0 Å². The molecule has 1 atom stereocenters. The topological polar surface area (TPSA) is 69.6 Å². The maximum Gasteiger partial charge on any atom is 0.323 e. The molecule has 0 aliphatic rings. The summed E-state index contributed by atoms with van der Waals surface area (Å²) in [4.78, 5) is 11.5. The highest BCUT2D eigenvalue weighted by Crippen LogP contribution is 2.07. The molecule has 72 valence electrons. The predicted molar refractivity (Wildman–Crippen MR) is 49.7 cm³/mol. The fourth-order valence-electron chi connectivity index (χ4n) is 0.867. The van der Waals surface area contributed by atoms with E-state index in [1.54, 1.807) is 11.3 Å². The summed E-state index contributed by atoms with van der Waals surface area (Å²) in [7, 11) is 0. The van der Waals surface area contributed by atoms with Gasteiger partial charge in [0, 0.05) is 11.4 Å². The maximum absolute atomic E-state index is 10.5. The molecule has 0 aromatic carbocycles. The second-order valence-corrected chi connectivity index (χ2v) is 3.57. The second kappa shape index (κ2) is 4.96. The Hall–Kier alpha value is -0.910. The van der Waals surface area contributed by atoms with Crippen LogP contribution in [0.5, 0.6) is 0 Å². The molecule has 1 aromatic heterocycles. The highest BCUT2D eigenvalue weighted by Gasteiger charge is 2.14. The molecule has 5 heteroatoms. The minimum absolute atomic E-state index is 0.388. The van der Waals surface area contributed by atoms with Crippen molar-refractivity contribution >= 4 is 17.3 Å². The first kappa shape index (κ1) is 10.2. The zero-order valence-corrected chi connectivity index (χ0v) is 7.75. The van der Waals surface area contributed by atoms with E-state index in [1.807, 2.05) is 17.5 Å². The van der Waals surface area contributed by atoms with E-state index in [0.717, 1.165) is 4.88 Å². The zero-order valence-electron chi connectivity index (χ0n) is 6.93. The first-order chi connectivity index (χ1) is 6.24. The van der Waals surface area contributed by atoms with Gasteiger partial charge in [-0.3, -0.25) is 10.1 Å². The zero-order chi connectivity index (χ0) is 9.68. The van der Waals surface area contributed by atoms with Crippen LogP contribution < -0.4 is 5.32 Å². The molecule has 1 rings (SSSR count). The Morgan fingerprint density at radius 1 is 1.69 bits per heavy atom. The van der Waals surface area contributed by atoms with Gasteiger partial charge >= 0.3 is 5.97 Å². The van der Waals surface area contributed by atoms with Crippen LogP contribution in [0.1, 0.15) is 4.88 Å². The van der Waals surface area contributed by atoms with Gasteiger partial charge in [0.25, 0.3) is 0 Å². The number of carboxylic acids is 1. The summed E-state index contributed by atoms with van der Waals surface area (Å²) in [6.45, 7) is 0.0932. The van der Waals surface area contributed by atoms with Gasteiger partial charge in [0.05, 0.1) is 6.61 Å². The lowest BCUT2D eigenvalue weighted by molar-refractivity contribution is -0.140. The lowest BCUT2D eigenvalue weighted by Crippen LogP contribution is -2.38. The predicted octanol–water partition coefficient (Wildman–Crippen LogP) is 0.283. The molecule has 1 unspecified atom stereocenters. The van der Waals surface area contributed by atoms with E-state index >= 15 is 0 Å². The summed E-state index contributed by atoms with van der Waals surface area (Å²) >= 11 is 1.55. The molecule has 0 bridgehead atoms. The first-order valence-electron chi connectivity index (χ1n) is 3.83. The Bertz CT molecular complexity index is 260. The fraction of sp³-hybridized carbons (Fsp3) is 0.375. The van der Waals surface area contributed by atoms with Crippen molar-refractivity contribution in [3.8, 4) is 0 Å². The van der Waals surface area contributed by atoms with Crippen LogP contribution in [0.2, 0.25) is 0 Å². The number of carboxylic acid groups (broad SMARTS) is 1. The van der Waals surface area contributed by atoms with Crippen LogP contribution in [0.4, 0.5) is 0 Å². The molecular formula is C8H11NO3S. The van der Waals surface area contributed by atoms with Gasteiger partial charge in [0.2, 0.25) is 0 Å². The summed E-state index contributed by atoms with van der Waals surface area (Å²) in [5.41, 5.74) is 0. The third-order valence-corrected chi connectivity index (χ3v) is 2.46. The molecule has 0 aliphatic carbocycles. The minimum atomic E-state index is -1.03. The average Bonchev–Trinajstić information content (AvgIpc) is 2.57. The van der Waals surface area contributed by atoms with Gasteiger partial charge in [-0.05, 0) is 11.4 Å². The van der Waals surface area contributed by atoms with Gasteiger partial charge in [-0.25, -0.2) is 0 Å². The molecule has 0 aliphatic heterocycles. The van der Waals surface area contributed by atoms with Crippen LogP contribution in [0.25, 0.3) is 0 Å². The van der Waals surface area contributed by atoms with Gasteiger partial charge in [0.15, 0.2) is 0 Å². The molecule has 13 heavy (non-hydrogen) atoms. The van der Waals surface area contributed by atoms with Crippen LogP contribution in [-0.2, 0) is 11.3 Å². The van der Waals surface area contributed by atoms with Gasteiger partial charge in [-0.1, -0.05) is 6.07 Å². The molecule has 0 amide bonds. The normalized spacial score (nSPS) is 12.7. The number of nitrogens with one attached hydrogen (secondary N) is 1. The Kier molecular flexibility index (Phi) is 3.88. The summed E-state index contributed by atoms with van der Waals surface area (Å²) < 4.78 is 0. The van der Waals surface area contributed by atoms with Crippen molar-refractivity contribution in [3.05, 3.63) is 22.4 Å². The van der Waals surface area contributed by atoms with E-state index in [4.69, 9.17) is 10.2 Å². The molecular weight excluding hydrogens is 190 g/mol. The molecule has 3 N–H and O–H groups in total. The first-order valence-corrected chi connectivity index (χ1v) is 4.71. The van der Waals surface area contributed by atoms with Crippen LogP contribution in [0.3, 0.4) is 0 Å². The van der Waals surface area contributed by atoms with E-state index in [1.165, 1.54) is 0 Å². The van der Waals surface area contributed by atoms with E-state index in [9.17, 15) is 4.79 Å². The maximum atomic E-state index is 10.5.